The smallest absolute Gasteiger partial charge is 0.161 e. The summed E-state index contributed by atoms with van der Waals surface area (Å²) in [6.07, 6.45) is 2.07. The summed E-state index contributed by atoms with van der Waals surface area (Å²) in [5.74, 6) is 1.52. The Bertz CT molecular complexity index is 1080. The molecule has 2 aromatic heterocycles. The molecule has 0 bridgehead atoms. The third kappa shape index (κ3) is 4.25. The van der Waals surface area contributed by atoms with Crippen molar-refractivity contribution < 1.29 is 9.47 Å². The number of fused-ring (bicyclic) bond motifs is 1. The number of hydrogen-bond acceptors (Lipinski definition) is 4. The van der Waals surface area contributed by atoms with E-state index in [9.17, 15) is 0 Å². The second-order valence-corrected chi connectivity index (χ2v) is 6.94. The first-order chi connectivity index (χ1) is 14.3. The Labute approximate surface area is 171 Å². The number of aromatic nitrogens is 2. The zero-order valence-corrected chi connectivity index (χ0v) is 16.8. The van der Waals surface area contributed by atoms with E-state index in [0.29, 0.717) is 6.61 Å². The van der Waals surface area contributed by atoms with Gasteiger partial charge in [-0.1, -0.05) is 48.5 Å². The molecule has 0 saturated carbocycles. The minimum Gasteiger partial charge on any atom is -0.493 e. The van der Waals surface area contributed by atoms with Crippen molar-refractivity contribution in [3.8, 4) is 22.8 Å². The molecule has 2 aromatic carbocycles. The molecule has 0 radical (unpaired) electrons. The van der Waals surface area contributed by atoms with Crippen molar-refractivity contribution >= 4 is 5.65 Å². The normalized spacial score (nSPS) is 11.1. The highest BCUT2D eigenvalue weighted by molar-refractivity contribution is 5.66. The number of hydrogen-bond donors (Lipinski definition) is 0. The summed E-state index contributed by atoms with van der Waals surface area (Å²) in [6.45, 7) is 2.13. The first-order valence-corrected chi connectivity index (χ1v) is 9.72. The molecule has 0 atom stereocenters. The fraction of sp³-hybridized carbons (Fsp3) is 0.208. The predicted octanol–water partition coefficient (Wildman–Crippen LogP) is 4.52. The molecule has 0 saturated heterocycles. The van der Waals surface area contributed by atoms with Crippen molar-refractivity contribution in [2.45, 2.75) is 6.54 Å². The van der Waals surface area contributed by atoms with Crippen LogP contribution in [0, 0.1) is 0 Å². The molecule has 29 heavy (non-hydrogen) atoms. The summed E-state index contributed by atoms with van der Waals surface area (Å²) in [5.41, 5.74) is 4.28. The summed E-state index contributed by atoms with van der Waals surface area (Å²) < 4.78 is 13.4. The van der Waals surface area contributed by atoms with Crippen molar-refractivity contribution in [2.75, 3.05) is 27.3 Å². The van der Waals surface area contributed by atoms with Crippen LogP contribution in [0.4, 0.5) is 0 Å². The van der Waals surface area contributed by atoms with Gasteiger partial charge in [-0.05, 0) is 31.3 Å². The molecule has 0 aliphatic carbocycles. The van der Waals surface area contributed by atoms with Gasteiger partial charge in [0.25, 0.3) is 0 Å². The van der Waals surface area contributed by atoms with Crippen molar-refractivity contribution in [3.05, 3.63) is 84.7 Å². The first kappa shape index (κ1) is 19.0. The Hall–Kier alpha value is -3.31. The van der Waals surface area contributed by atoms with Crippen LogP contribution in [0.2, 0.25) is 0 Å². The van der Waals surface area contributed by atoms with E-state index in [1.807, 2.05) is 60.7 Å². The largest absolute Gasteiger partial charge is 0.493 e. The third-order valence-corrected chi connectivity index (χ3v) is 4.90. The van der Waals surface area contributed by atoms with Crippen LogP contribution in [-0.4, -0.2) is 41.6 Å². The van der Waals surface area contributed by atoms with Crippen molar-refractivity contribution in [3.63, 3.8) is 0 Å². The number of benzene rings is 2. The van der Waals surface area contributed by atoms with Crippen LogP contribution in [0.25, 0.3) is 16.9 Å². The molecule has 0 aliphatic rings. The summed E-state index contributed by atoms with van der Waals surface area (Å²) in [4.78, 5) is 7.12. The molecule has 0 aliphatic heterocycles. The van der Waals surface area contributed by atoms with Crippen LogP contribution in [0.5, 0.6) is 11.5 Å². The lowest BCUT2D eigenvalue weighted by atomic mass is 10.1. The Kier molecular flexibility index (Phi) is 5.77. The van der Waals surface area contributed by atoms with Crippen LogP contribution < -0.4 is 9.47 Å². The van der Waals surface area contributed by atoms with Gasteiger partial charge in [0.05, 0.1) is 18.5 Å². The number of para-hydroxylation sites is 2. The predicted molar refractivity (Wildman–Crippen MR) is 115 cm³/mol. The molecule has 5 nitrogen and oxygen atoms in total. The number of ether oxygens (including phenoxy) is 2. The zero-order chi connectivity index (χ0) is 20.1. The molecule has 0 N–H and O–H groups in total. The third-order valence-electron chi connectivity index (χ3n) is 4.90. The highest BCUT2D eigenvalue weighted by Gasteiger charge is 2.15. The number of likely N-dealkylation sites (N-methyl/N-ethyl adjacent to an activating group) is 1. The Balaban J connectivity index is 1.50. The van der Waals surface area contributed by atoms with Crippen LogP contribution in [0.3, 0.4) is 0 Å². The van der Waals surface area contributed by atoms with E-state index < -0.39 is 0 Å². The summed E-state index contributed by atoms with van der Waals surface area (Å²) in [5, 5.41) is 0. The maximum Gasteiger partial charge on any atom is 0.161 e. The van der Waals surface area contributed by atoms with Gasteiger partial charge in [-0.3, -0.25) is 4.90 Å². The van der Waals surface area contributed by atoms with E-state index in [1.165, 1.54) is 5.69 Å². The molecule has 148 valence electrons. The number of rotatable bonds is 8. The van der Waals surface area contributed by atoms with Gasteiger partial charge in [0.1, 0.15) is 12.3 Å². The van der Waals surface area contributed by atoms with Gasteiger partial charge in [0.15, 0.2) is 11.5 Å². The molecule has 5 heteroatoms. The molecule has 0 fully saturated rings. The second-order valence-electron chi connectivity index (χ2n) is 6.94. The highest BCUT2D eigenvalue weighted by Crippen LogP contribution is 2.27. The lowest BCUT2D eigenvalue weighted by Crippen LogP contribution is -2.25. The van der Waals surface area contributed by atoms with E-state index in [0.717, 1.165) is 41.5 Å². The van der Waals surface area contributed by atoms with Crippen LogP contribution >= 0.6 is 0 Å². The minimum absolute atomic E-state index is 0.578. The summed E-state index contributed by atoms with van der Waals surface area (Å²) in [7, 11) is 3.76. The van der Waals surface area contributed by atoms with Gasteiger partial charge >= 0.3 is 0 Å². The average molecular weight is 387 g/mol. The van der Waals surface area contributed by atoms with Gasteiger partial charge in [-0.2, -0.15) is 0 Å². The summed E-state index contributed by atoms with van der Waals surface area (Å²) in [6, 6.07) is 24.2. The van der Waals surface area contributed by atoms with E-state index in [2.05, 4.69) is 34.7 Å². The van der Waals surface area contributed by atoms with Gasteiger partial charge in [0.2, 0.25) is 0 Å². The Morgan fingerprint density at radius 3 is 2.41 bits per heavy atom. The van der Waals surface area contributed by atoms with Gasteiger partial charge < -0.3 is 13.9 Å². The van der Waals surface area contributed by atoms with Crippen LogP contribution in [0.1, 0.15) is 5.69 Å². The van der Waals surface area contributed by atoms with E-state index >= 15 is 0 Å². The molecule has 0 amide bonds. The van der Waals surface area contributed by atoms with Crippen LogP contribution in [-0.2, 0) is 6.54 Å². The number of methoxy groups -OCH3 is 1. The van der Waals surface area contributed by atoms with Crippen molar-refractivity contribution in [1.82, 2.24) is 14.3 Å². The second kappa shape index (κ2) is 8.80. The van der Waals surface area contributed by atoms with E-state index in [4.69, 9.17) is 14.5 Å². The van der Waals surface area contributed by atoms with Crippen LogP contribution in [0.15, 0.2) is 79.0 Å². The molecular formula is C24H25N3O2. The topological polar surface area (TPSA) is 39.0 Å². The first-order valence-electron chi connectivity index (χ1n) is 9.72. The maximum atomic E-state index is 5.93. The Morgan fingerprint density at radius 2 is 1.62 bits per heavy atom. The van der Waals surface area contributed by atoms with E-state index in [1.54, 1.807) is 7.11 Å². The SMILES string of the molecule is COc1ccccc1OCCN(C)Cc1c(-c2ccccc2)nc2ccccn12. The van der Waals surface area contributed by atoms with Gasteiger partial charge in [0, 0.05) is 24.8 Å². The lowest BCUT2D eigenvalue weighted by molar-refractivity contribution is 0.224. The highest BCUT2D eigenvalue weighted by atomic mass is 16.5. The standard InChI is InChI=1S/C24H25N3O2/c1-26(16-17-29-22-13-7-6-12-21(22)28-2)18-20-24(19-10-4-3-5-11-19)25-23-14-8-9-15-27(20)23/h3-15H,16-18H2,1-2H3. The number of pyridine rings is 1. The fourth-order valence-corrected chi connectivity index (χ4v) is 3.41. The molecule has 4 aromatic rings. The van der Waals surface area contributed by atoms with Gasteiger partial charge in [-0.25, -0.2) is 4.98 Å². The Morgan fingerprint density at radius 1 is 0.897 bits per heavy atom. The summed E-state index contributed by atoms with van der Waals surface area (Å²) >= 11 is 0. The lowest BCUT2D eigenvalue weighted by Gasteiger charge is -2.18. The van der Waals surface area contributed by atoms with Crippen molar-refractivity contribution in [1.29, 1.82) is 0 Å². The monoisotopic (exact) mass is 387 g/mol. The number of imidazole rings is 1. The van der Waals surface area contributed by atoms with Gasteiger partial charge in [-0.15, -0.1) is 0 Å². The maximum absolute atomic E-state index is 5.93. The van der Waals surface area contributed by atoms with E-state index in [-0.39, 0.29) is 0 Å². The molecule has 0 unspecified atom stereocenters. The zero-order valence-electron chi connectivity index (χ0n) is 16.8. The fourth-order valence-electron chi connectivity index (χ4n) is 3.41. The minimum atomic E-state index is 0.578. The van der Waals surface area contributed by atoms with Crippen molar-refractivity contribution in [2.24, 2.45) is 0 Å². The molecule has 2 heterocycles. The molecular weight excluding hydrogens is 362 g/mol. The number of nitrogens with zero attached hydrogens (tertiary/aromatic N) is 3. The quantitative estimate of drug-likeness (QED) is 0.446. The molecule has 0 spiro atoms. The molecule has 4 rings (SSSR count). The average Bonchev–Trinajstić information content (AvgIpc) is 3.13.